The summed E-state index contributed by atoms with van der Waals surface area (Å²) in [5, 5.41) is 10.6. The number of nitrogens with zero attached hydrogens (tertiary/aromatic N) is 1. The van der Waals surface area contributed by atoms with Crippen molar-refractivity contribution in [3.05, 3.63) is 37.8 Å². The molecule has 0 N–H and O–H groups in total. The van der Waals surface area contributed by atoms with Crippen LogP contribution in [0.2, 0.25) is 0 Å². The third-order valence-electron chi connectivity index (χ3n) is 1.90. The summed E-state index contributed by atoms with van der Waals surface area (Å²) < 4.78 is 4.81. The lowest BCUT2D eigenvalue weighted by molar-refractivity contribution is -0.385. The molecule has 1 rings (SSSR count). The van der Waals surface area contributed by atoms with Crippen molar-refractivity contribution in [2.24, 2.45) is 0 Å². The van der Waals surface area contributed by atoms with Crippen LogP contribution in [0, 0.1) is 17.0 Å². The number of nitro groups is 1. The van der Waals surface area contributed by atoms with E-state index in [9.17, 15) is 14.9 Å². The third kappa shape index (κ3) is 2.33. The van der Waals surface area contributed by atoms with Crippen molar-refractivity contribution >= 4 is 27.6 Å². The van der Waals surface area contributed by atoms with Crippen molar-refractivity contribution < 1.29 is 14.5 Å². The first-order valence-corrected chi connectivity index (χ1v) is 4.79. The van der Waals surface area contributed by atoms with Crippen molar-refractivity contribution in [1.82, 2.24) is 0 Å². The molecule has 0 spiro atoms. The summed E-state index contributed by atoms with van der Waals surface area (Å²) in [6.45, 7) is 1.62. The monoisotopic (exact) mass is 273 g/mol. The second-order valence-electron chi connectivity index (χ2n) is 2.87. The van der Waals surface area contributed by atoms with E-state index in [0.717, 1.165) is 0 Å². The Morgan fingerprint density at radius 3 is 2.60 bits per heavy atom. The number of hydrogen-bond acceptors (Lipinski definition) is 4. The molecule has 5 nitrogen and oxygen atoms in total. The normalized spacial score (nSPS) is 9.80. The minimum Gasteiger partial charge on any atom is -0.465 e. The van der Waals surface area contributed by atoms with Gasteiger partial charge in [0.1, 0.15) is 0 Å². The van der Waals surface area contributed by atoms with Crippen molar-refractivity contribution in [3.63, 3.8) is 0 Å². The zero-order valence-corrected chi connectivity index (χ0v) is 9.70. The van der Waals surface area contributed by atoms with Crippen LogP contribution >= 0.6 is 15.9 Å². The predicted octanol–water partition coefficient (Wildman–Crippen LogP) is 2.45. The van der Waals surface area contributed by atoms with Crippen LogP contribution < -0.4 is 0 Å². The number of halogens is 1. The maximum Gasteiger partial charge on any atom is 0.338 e. The largest absolute Gasteiger partial charge is 0.465 e. The molecule has 0 atom stereocenters. The summed E-state index contributed by atoms with van der Waals surface area (Å²) in [4.78, 5) is 21.3. The number of benzene rings is 1. The fraction of sp³-hybridized carbons (Fsp3) is 0.222. The fourth-order valence-corrected chi connectivity index (χ4v) is 1.62. The molecule has 0 aromatic heterocycles. The molecule has 0 radical (unpaired) electrons. The summed E-state index contributed by atoms with van der Waals surface area (Å²) >= 11 is 3.03. The molecule has 15 heavy (non-hydrogen) atoms. The molecule has 0 aliphatic rings. The van der Waals surface area contributed by atoms with Crippen molar-refractivity contribution in [2.75, 3.05) is 7.11 Å². The van der Waals surface area contributed by atoms with Crippen LogP contribution in [0.15, 0.2) is 16.6 Å². The minimum atomic E-state index is -0.516. The summed E-state index contributed by atoms with van der Waals surface area (Å²) in [6, 6.07) is 2.72. The molecule has 0 amide bonds. The Morgan fingerprint density at radius 1 is 1.53 bits per heavy atom. The van der Waals surface area contributed by atoms with Gasteiger partial charge < -0.3 is 4.74 Å². The highest BCUT2D eigenvalue weighted by Crippen LogP contribution is 2.28. The lowest BCUT2D eigenvalue weighted by Crippen LogP contribution is -2.04. The Kier molecular flexibility index (Phi) is 3.41. The molecule has 0 aliphatic heterocycles. The second-order valence-corrected chi connectivity index (χ2v) is 3.72. The molecule has 0 fully saturated rings. The van der Waals surface area contributed by atoms with E-state index in [4.69, 9.17) is 0 Å². The first-order chi connectivity index (χ1) is 6.97. The number of methoxy groups -OCH3 is 1. The van der Waals surface area contributed by atoms with Crippen LogP contribution in [0.4, 0.5) is 5.69 Å². The average Bonchev–Trinajstić information content (AvgIpc) is 2.19. The molecule has 1 aromatic rings. The van der Waals surface area contributed by atoms with Gasteiger partial charge in [0.25, 0.3) is 5.69 Å². The summed E-state index contributed by atoms with van der Waals surface area (Å²) in [7, 11) is 1.26. The van der Waals surface area contributed by atoms with Gasteiger partial charge >= 0.3 is 5.97 Å². The van der Waals surface area contributed by atoms with Gasteiger partial charge in [-0.1, -0.05) is 0 Å². The Balaban J connectivity index is 3.31. The SMILES string of the molecule is COC(=O)c1cc(Br)c([N+](=O)[O-])cc1C. The number of ether oxygens (including phenoxy) is 1. The van der Waals surface area contributed by atoms with E-state index in [-0.39, 0.29) is 10.2 Å². The molecular weight excluding hydrogens is 266 g/mol. The zero-order chi connectivity index (χ0) is 11.6. The molecule has 6 heteroatoms. The molecule has 0 saturated heterocycles. The molecule has 80 valence electrons. The van der Waals surface area contributed by atoms with E-state index in [1.165, 1.54) is 19.2 Å². The number of carbonyl (C=O) groups is 1. The Morgan fingerprint density at radius 2 is 2.13 bits per heavy atom. The predicted molar refractivity (Wildman–Crippen MR) is 56.9 cm³/mol. The van der Waals surface area contributed by atoms with Gasteiger partial charge in [0, 0.05) is 6.07 Å². The van der Waals surface area contributed by atoms with E-state index in [0.29, 0.717) is 11.1 Å². The Labute approximate surface area is 94.3 Å². The highest BCUT2D eigenvalue weighted by Gasteiger charge is 2.18. The summed E-state index contributed by atoms with van der Waals surface area (Å²) in [5.41, 5.74) is 0.756. The van der Waals surface area contributed by atoms with Crippen molar-refractivity contribution in [3.8, 4) is 0 Å². The van der Waals surface area contributed by atoms with E-state index in [1.54, 1.807) is 6.92 Å². The van der Waals surface area contributed by atoms with Crippen LogP contribution in [0.5, 0.6) is 0 Å². The lowest BCUT2D eigenvalue weighted by atomic mass is 10.1. The second kappa shape index (κ2) is 4.39. The third-order valence-corrected chi connectivity index (χ3v) is 2.53. The quantitative estimate of drug-likeness (QED) is 0.472. The number of rotatable bonds is 2. The van der Waals surface area contributed by atoms with Crippen LogP contribution in [0.3, 0.4) is 0 Å². The minimum absolute atomic E-state index is 0.0693. The summed E-state index contributed by atoms with van der Waals surface area (Å²) in [6.07, 6.45) is 0. The number of aryl methyl sites for hydroxylation is 1. The molecule has 0 heterocycles. The van der Waals surface area contributed by atoms with Crippen LogP contribution in [0.25, 0.3) is 0 Å². The van der Waals surface area contributed by atoms with Gasteiger partial charge in [-0.2, -0.15) is 0 Å². The molecule has 0 saturated carbocycles. The van der Waals surface area contributed by atoms with E-state index in [2.05, 4.69) is 20.7 Å². The molecule has 0 aliphatic carbocycles. The lowest BCUT2D eigenvalue weighted by Gasteiger charge is -2.04. The van der Waals surface area contributed by atoms with Gasteiger partial charge in [-0.25, -0.2) is 4.79 Å². The summed E-state index contributed by atoms with van der Waals surface area (Å²) in [5.74, 6) is -0.511. The Bertz CT molecular complexity index is 430. The molecular formula is C9H8BrNO4. The van der Waals surface area contributed by atoms with Crippen LogP contribution in [-0.4, -0.2) is 18.0 Å². The molecule has 0 unspecified atom stereocenters. The van der Waals surface area contributed by atoms with E-state index < -0.39 is 10.9 Å². The van der Waals surface area contributed by atoms with Crippen LogP contribution in [-0.2, 0) is 4.74 Å². The number of esters is 1. The van der Waals surface area contributed by atoms with Gasteiger partial charge in [0.2, 0.25) is 0 Å². The highest BCUT2D eigenvalue weighted by atomic mass is 79.9. The maximum absolute atomic E-state index is 11.3. The first-order valence-electron chi connectivity index (χ1n) is 4.00. The van der Waals surface area contributed by atoms with Gasteiger partial charge in [-0.3, -0.25) is 10.1 Å². The van der Waals surface area contributed by atoms with Crippen molar-refractivity contribution in [1.29, 1.82) is 0 Å². The smallest absolute Gasteiger partial charge is 0.338 e. The van der Waals surface area contributed by atoms with Gasteiger partial charge in [0.15, 0.2) is 0 Å². The highest BCUT2D eigenvalue weighted by molar-refractivity contribution is 9.10. The number of hydrogen-bond donors (Lipinski definition) is 0. The molecule has 0 bridgehead atoms. The zero-order valence-electron chi connectivity index (χ0n) is 8.11. The van der Waals surface area contributed by atoms with E-state index >= 15 is 0 Å². The van der Waals surface area contributed by atoms with E-state index in [1.807, 2.05) is 0 Å². The number of nitro benzene ring substituents is 1. The first kappa shape index (κ1) is 11.6. The fourth-order valence-electron chi connectivity index (χ4n) is 1.14. The maximum atomic E-state index is 11.3. The van der Waals surface area contributed by atoms with Gasteiger partial charge in [0.05, 0.1) is 22.1 Å². The molecule has 1 aromatic carbocycles. The number of carbonyl (C=O) groups excluding carboxylic acids is 1. The Hall–Kier alpha value is -1.43. The van der Waals surface area contributed by atoms with Crippen molar-refractivity contribution in [2.45, 2.75) is 6.92 Å². The van der Waals surface area contributed by atoms with Gasteiger partial charge in [-0.05, 0) is 34.5 Å². The van der Waals surface area contributed by atoms with Crippen LogP contribution in [0.1, 0.15) is 15.9 Å². The topological polar surface area (TPSA) is 69.4 Å². The van der Waals surface area contributed by atoms with Gasteiger partial charge in [-0.15, -0.1) is 0 Å². The standard InChI is InChI=1S/C9H8BrNO4/c1-5-3-8(11(13)14)7(10)4-6(5)9(12)15-2/h3-4H,1-2H3. The average molecular weight is 274 g/mol.